The van der Waals surface area contributed by atoms with Crippen molar-refractivity contribution in [2.75, 3.05) is 33.2 Å². The number of piperidine rings is 1. The van der Waals surface area contributed by atoms with Gasteiger partial charge in [0.15, 0.2) is 0 Å². The Morgan fingerprint density at radius 2 is 1.91 bits per heavy atom. The fourth-order valence-corrected chi connectivity index (χ4v) is 1.50. The number of nitrogens with zero attached hydrogens (tertiary/aromatic N) is 2. The SMILES string of the molecule is [CH2-]N(C)CCN1CCCCC1. The molecule has 0 aromatic heterocycles. The summed E-state index contributed by atoms with van der Waals surface area (Å²) in [5.41, 5.74) is 0. The van der Waals surface area contributed by atoms with Gasteiger partial charge in [-0.25, -0.2) is 0 Å². The maximum atomic E-state index is 3.83. The highest BCUT2D eigenvalue weighted by Gasteiger charge is 2.08. The molecule has 0 unspecified atom stereocenters. The maximum Gasteiger partial charge on any atom is 0.00851 e. The van der Waals surface area contributed by atoms with Gasteiger partial charge in [-0.3, -0.25) is 7.05 Å². The van der Waals surface area contributed by atoms with Crippen LogP contribution in [0, 0.1) is 7.05 Å². The van der Waals surface area contributed by atoms with Crippen molar-refractivity contribution in [3.63, 3.8) is 0 Å². The average Bonchev–Trinajstić information content (AvgIpc) is 2.03. The molecule has 0 saturated carbocycles. The van der Waals surface area contributed by atoms with Gasteiger partial charge in [-0.1, -0.05) is 6.42 Å². The van der Waals surface area contributed by atoms with Crippen LogP contribution in [0.5, 0.6) is 0 Å². The Kier molecular flexibility index (Phi) is 3.87. The normalized spacial score (nSPS) is 21.0. The fraction of sp³-hybridized carbons (Fsp3) is 0.889. The highest BCUT2D eigenvalue weighted by molar-refractivity contribution is 4.65. The molecule has 1 aliphatic heterocycles. The summed E-state index contributed by atoms with van der Waals surface area (Å²) in [6.07, 6.45) is 4.21. The van der Waals surface area contributed by atoms with Gasteiger partial charge in [-0.15, -0.1) is 0 Å². The molecule has 0 amide bonds. The third kappa shape index (κ3) is 3.73. The Hall–Kier alpha value is -0.0800. The van der Waals surface area contributed by atoms with Gasteiger partial charge in [0.1, 0.15) is 0 Å². The summed E-state index contributed by atoms with van der Waals surface area (Å²) >= 11 is 0. The molecule has 1 heterocycles. The zero-order valence-corrected chi connectivity index (χ0v) is 7.55. The lowest BCUT2D eigenvalue weighted by atomic mass is 10.1. The standard InChI is InChI=1S/C9H19N2/c1-10(2)8-9-11-6-4-3-5-7-11/h1,3-9H2,2H3/q-1. The predicted octanol–water partition coefficient (Wildman–Crippen LogP) is 1.20. The van der Waals surface area contributed by atoms with Gasteiger partial charge in [0.2, 0.25) is 0 Å². The van der Waals surface area contributed by atoms with Gasteiger partial charge >= 0.3 is 0 Å². The first-order valence-corrected chi connectivity index (χ1v) is 4.53. The highest BCUT2D eigenvalue weighted by atomic mass is 15.2. The molecule has 1 aliphatic rings. The van der Waals surface area contributed by atoms with Crippen LogP contribution in [0.4, 0.5) is 0 Å². The van der Waals surface area contributed by atoms with Crippen molar-refractivity contribution in [2.45, 2.75) is 19.3 Å². The van der Waals surface area contributed by atoms with Crippen LogP contribution in [-0.2, 0) is 0 Å². The van der Waals surface area contributed by atoms with E-state index in [0.717, 1.165) is 6.54 Å². The minimum atomic E-state index is 1.10. The molecule has 11 heavy (non-hydrogen) atoms. The van der Waals surface area contributed by atoms with Gasteiger partial charge in [0.25, 0.3) is 0 Å². The molecule has 0 radical (unpaired) electrons. The van der Waals surface area contributed by atoms with E-state index < -0.39 is 0 Å². The van der Waals surface area contributed by atoms with E-state index in [1.807, 2.05) is 11.9 Å². The first kappa shape index (κ1) is 9.01. The first-order valence-electron chi connectivity index (χ1n) is 4.53. The summed E-state index contributed by atoms with van der Waals surface area (Å²) in [6, 6.07) is 0. The van der Waals surface area contributed by atoms with Crippen molar-refractivity contribution in [1.82, 2.24) is 9.80 Å². The Bertz CT molecular complexity index is 95.7. The Morgan fingerprint density at radius 1 is 1.27 bits per heavy atom. The summed E-state index contributed by atoms with van der Waals surface area (Å²) in [7, 11) is 5.86. The van der Waals surface area contributed by atoms with E-state index in [9.17, 15) is 0 Å². The van der Waals surface area contributed by atoms with Crippen LogP contribution < -0.4 is 0 Å². The van der Waals surface area contributed by atoms with E-state index in [1.54, 1.807) is 0 Å². The molecule has 0 aromatic rings. The average molecular weight is 155 g/mol. The monoisotopic (exact) mass is 155 g/mol. The summed E-state index contributed by atoms with van der Waals surface area (Å²) in [6.45, 7) is 4.89. The van der Waals surface area contributed by atoms with E-state index in [-0.39, 0.29) is 0 Å². The molecule has 0 atom stereocenters. The molecule has 1 fully saturated rings. The van der Waals surface area contributed by atoms with Crippen LogP contribution in [0.15, 0.2) is 0 Å². The third-order valence-electron chi connectivity index (χ3n) is 2.25. The Morgan fingerprint density at radius 3 is 2.45 bits per heavy atom. The topological polar surface area (TPSA) is 6.48 Å². The van der Waals surface area contributed by atoms with Crippen molar-refractivity contribution in [1.29, 1.82) is 0 Å². The smallest absolute Gasteiger partial charge is 0.00851 e. The number of hydrogen-bond donors (Lipinski definition) is 0. The number of hydrogen-bond acceptors (Lipinski definition) is 2. The summed E-state index contributed by atoms with van der Waals surface area (Å²) in [5, 5.41) is 0. The zero-order chi connectivity index (χ0) is 8.10. The molecule has 0 spiro atoms. The van der Waals surface area contributed by atoms with Gasteiger partial charge < -0.3 is 9.80 Å². The second-order valence-electron chi connectivity index (χ2n) is 3.48. The van der Waals surface area contributed by atoms with Crippen LogP contribution in [-0.4, -0.2) is 43.0 Å². The van der Waals surface area contributed by atoms with E-state index in [1.165, 1.54) is 38.9 Å². The minimum absolute atomic E-state index is 1.10. The van der Waals surface area contributed by atoms with Crippen molar-refractivity contribution < 1.29 is 0 Å². The van der Waals surface area contributed by atoms with E-state index in [2.05, 4.69) is 11.9 Å². The second-order valence-corrected chi connectivity index (χ2v) is 3.48. The van der Waals surface area contributed by atoms with Crippen LogP contribution in [0.25, 0.3) is 0 Å². The molecule has 1 saturated heterocycles. The van der Waals surface area contributed by atoms with Gasteiger partial charge in [0.05, 0.1) is 0 Å². The molecule has 0 aromatic carbocycles. The van der Waals surface area contributed by atoms with Crippen molar-refractivity contribution in [2.24, 2.45) is 0 Å². The Balaban J connectivity index is 2.05. The molecule has 0 N–H and O–H groups in total. The van der Waals surface area contributed by atoms with Gasteiger partial charge in [-0.2, -0.15) is 0 Å². The van der Waals surface area contributed by atoms with Crippen LogP contribution in [0.3, 0.4) is 0 Å². The van der Waals surface area contributed by atoms with Crippen molar-refractivity contribution in [3.05, 3.63) is 7.05 Å². The van der Waals surface area contributed by atoms with Crippen LogP contribution in [0.1, 0.15) is 19.3 Å². The molecule has 66 valence electrons. The third-order valence-corrected chi connectivity index (χ3v) is 2.25. The number of likely N-dealkylation sites (tertiary alicyclic amines) is 1. The molecular weight excluding hydrogens is 136 g/mol. The zero-order valence-electron chi connectivity index (χ0n) is 7.55. The fourth-order valence-electron chi connectivity index (χ4n) is 1.50. The maximum absolute atomic E-state index is 3.83. The molecular formula is C9H19N2-. The highest BCUT2D eigenvalue weighted by Crippen LogP contribution is 2.07. The lowest BCUT2D eigenvalue weighted by Crippen LogP contribution is -2.35. The molecule has 2 nitrogen and oxygen atoms in total. The van der Waals surface area contributed by atoms with E-state index in [4.69, 9.17) is 0 Å². The molecule has 0 aliphatic carbocycles. The second kappa shape index (κ2) is 4.73. The van der Waals surface area contributed by atoms with Gasteiger partial charge in [0, 0.05) is 6.54 Å². The van der Waals surface area contributed by atoms with Crippen LogP contribution in [0.2, 0.25) is 0 Å². The minimum Gasteiger partial charge on any atom is -0.461 e. The molecule has 0 bridgehead atoms. The van der Waals surface area contributed by atoms with Crippen molar-refractivity contribution >= 4 is 0 Å². The summed E-state index contributed by atoms with van der Waals surface area (Å²) in [4.78, 5) is 4.54. The molecule has 1 rings (SSSR count). The first-order chi connectivity index (χ1) is 5.29. The Labute approximate surface area is 70.2 Å². The summed E-state index contributed by atoms with van der Waals surface area (Å²) < 4.78 is 0. The lowest BCUT2D eigenvalue weighted by Gasteiger charge is -2.29. The van der Waals surface area contributed by atoms with Gasteiger partial charge in [-0.05, 0) is 39.5 Å². The van der Waals surface area contributed by atoms with Crippen LogP contribution >= 0.6 is 0 Å². The lowest BCUT2D eigenvalue weighted by molar-refractivity contribution is 0.211. The van der Waals surface area contributed by atoms with E-state index in [0.29, 0.717) is 0 Å². The largest absolute Gasteiger partial charge is 0.461 e. The van der Waals surface area contributed by atoms with Crippen molar-refractivity contribution in [3.8, 4) is 0 Å². The number of rotatable bonds is 3. The summed E-state index contributed by atoms with van der Waals surface area (Å²) in [5.74, 6) is 0. The molecule has 2 heteroatoms. The quantitative estimate of drug-likeness (QED) is 0.565. The predicted molar refractivity (Wildman–Crippen MR) is 48.3 cm³/mol. The van der Waals surface area contributed by atoms with E-state index >= 15 is 0 Å². The number of likely N-dealkylation sites (N-methyl/N-ethyl adjacent to an activating group) is 1.